The van der Waals surface area contributed by atoms with Gasteiger partial charge in [-0.15, -0.1) is 0 Å². The Balaban J connectivity index is 1.34. The number of carbonyl (C=O) groups excluding carboxylic acids is 4. The van der Waals surface area contributed by atoms with Gasteiger partial charge in [0.25, 0.3) is 0 Å². The van der Waals surface area contributed by atoms with Gasteiger partial charge >= 0.3 is 0 Å². The van der Waals surface area contributed by atoms with E-state index in [9.17, 15) is 19.2 Å². The van der Waals surface area contributed by atoms with E-state index in [-0.39, 0.29) is 50.9 Å². The van der Waals surface area contributed by atoms with Crippen LogP contribution in [0.25, 0.3) is 0 Å². The molecule has 0 aliphatic carbocycles. The summed E-state index contributed by atoms with van der Waals surface area (Å²) in [6, 6.07) is 22.9. The van der Waals surface area contributed by atoms with Crippen molar-refractivity contribution in [2.75, 3.05) is 53.2 Å². The summed E-state index contributed by atoms with van der Waals surface area (Å²) in [6.45, 7) is 4.42. The highest BCUT2D eigenvalue weighted by Gasteiger charge is 2.50. The van der Waals surface area contributed by atoms with Crippen LogP contribution in [0.1, 0.15) is 23.6 Å². The molecule has 2 fully saturated rings. The molecule has 3 aromatic rings. The predicted molar refractivity (Wildman–Crippen MR) is 185 cm³/mol. The van der Waals surface area contributed by atoms with Gasteiger partial charge in [0, 0.05) is 19.5 Å². The van der Waals surface area contributed by atoms with Gasteiger partial charge in [0.1, 0.15) is 23.4 Å². The molecule has 2 saturated heterocycles. The van der Waals surface area contributed by atoms with Gasteiger partial charge in [-0.3, -0.25) is 24.1 Å². The van der Waals surface area contributed by atoms with Crippen LogP contribution in [0.3, 0.4) is 0 Å². The van der Waals surface area contributed by atoms with Gasteiger partial charge in [0.05, 0.1) is 52.7 Å². The van der Waals surface area contributed by atoms with Crippen molar-refractivity contribution in [2.24, 2.45) is 0 Å². The zero-order chi connectivity index (χ0) is 35.3. The number of carbonyl (C=O) groups is 4. The minimum absolute atomic E-state index is 0.0890. The van der Waals surface area contributed by atoms with E-state index in [4.69, 9.17) is 18.9 Å². The van der Waals surface area contributed by atoms with Crippen molar-refractivity contribution in [1.82, 2.24) is 20.9 Å². The molecule has 266 valence electrons. The summed E-state index contributed by atoms with van der Waals surface area (Å²) < 4.78 is 22.0. The molecule has 2 aliphatic rings. The Morgan fingerprint density at radius 3 is 1.94 bits per heavy atom. The lowest BCUT2D eigenvalue weighted by Gasteiger charge is -2.28. The second-order valence-corrected chi connectivity index (χ2v) is 12.8. The molecule has 0 saturated carbocycles. The second kappa shape index (κ2) is 17.9. The van der Waals surface area contributed by atoms with E-state index < -0.39 is 35.5 Å². The average Bonchev–Trinajstić information content (AvgIpc) is 3.90. The SMILES string of the molecule is COc1ccc(C[C@H](NC(=O)[C@H](COCc2ccccc2)NC(=O)CN2CCOCC2)C(=O)NC(Cc2ccccc2)C(=O)[C@@]2(C)CO2)cc1. The number of Topliss-reactive ketones (excluding diaryl/α,β-unsaturated/α-hetero) is 1. The summed E-state index contributed by atoms with van der Waals surface area (Å²) in [7, 11) is 1.56. The summed E-state index contributed by atoms with van der Waals surface area (Å²) in [4.78, 5) is 56.7. The van der Waals surface area contributed by atoms with Crippen molar-refractivity contribution in [3.63, 3.8) is 0 Å². The minimum atomic E-state index is -1.10. The lowest BCUT2D eigenvalue weighted by atomic mass is 9.94. The normalized spacial score (nSPS) is 19.0. The molecule has 0 radical (unpaired) electrons. The van der Waals surface area contributed by atoms with Crippen LogP contribution < -0.4 is 20.7 Å². The number of nitrogens with zero attached hydrogens (tertiary/aromatic N) is 1. The van der Waals surface area contributed by atoms with Crippen molar-refractivity contribution >= 4 is 23.5 Å². The van der Waals surface area contributed by atoms with E-state index in [1.54, 1.807) is 26.2 Å². The number of ketones is 1. The van der Waals surface area contributed by atoms with E-state index in [1.165, 1.54) is 0 Å². The molecule has 0 bridgehead atoms. The molecule has 50 heavy (non-hydrogen) atoms. The Kier molecular flexibility index (Phi) is 13.1. The number of hydrogen-bond donors (Lipinski definition) is 3. The summed E-state index contributed by atoms with van der Waals surface area (Å²) in [6.07, 6.45) is 0.363. The summed E-state index contributed by atoms with van der Waals surface area (Å²) in [5.74, 6) is -1.09. The molecular weight excluding hydrogens is 640 g/mol. The largest absolute Gasteiger partial charge is 0.497 e. The molecule has 3 amide bonds. The maximum Gasteiger partial charge on any atom is 0.245 e. The van der Waals surface area contributed by atoms with Gasteiger partial charge in [-0.1, -0.05) is 72.8 Å². The Labute approximate surface area is 292 Å². The monoisotopic (exact) mass is 686 g/mol. The lowest BCUT2D eigenvalue weighted by Crippen LogP contribution is -2.59. The van der Waals surface area contributed by atoms with Crippen molar-refractivity contribution < 1.29 is 38.1 Å². The van der Waals surface area contributed by atoms with Gasteiger partial charge in [-0.25, -0.2) is 0 Å². The van der Waals surface area contributed by atoms with E-state index in [1.807, 2.05) is 77.7 Å². The predicted octanol–water partition coefficient (Wildman–Crippen LogP) is 1.84. The number of ether oxygens (including phenoxy) is 4. The zero-order valence-electron chi connectivity index (χ0n) is 28.6. The molecule has 4 atom stereocenters. The fourth-order valence-corrected chi connectivity index (χ4v) is 5.68. The number of rotatable bonds is 18. The zero-order valence-corrected chi connectivity index (χ0v) is 28.6. The Bertz CT molecular complexity index is 1560. The highest BCUT2D eigenvalue weighted by atomic mass is 16.6. The van der Waals surface area contributed by atoms with Crippen molar-refractivity contribution in [2.45, 2.75) is 50.1 Å². The lowest BCUT2D eigenvalue weighted by molar-refractivity contribution is -0.135. The fourth-order valence-electron chi connectivity index (χ4n) is 5.68. The van der Waals surface area contributed by atoms with E-state index in [0.29, 0.717) is 32.1 Å². The maximum atomic E-state index is 14.1. The number of benzene rings is 3. The topological polar surface area (TPSA) is 148 Å². The summed E-state index contributed by atoms with van der Waals surface area (Å²) in [5.41, 5.74) is 1.55. The summed E-state index contributed by atoms with van der Waals surface area (Å²) >= 11 is 0. The van der Waals surface area contributed by atoms with E-state index >= 15 is 0 Å². The van der Waals surface area contributed by atoms with Gasteiger partial charge in [-0.2, -0.15) is 0 Å². The van der Waals surface area contributed by atoms with Gasteiger partial charge in [-0.05, 0) is 42.2 Å². The number of epoxide rings is 1. The molecule has 5 rings (SSSR count). The first-order valence-electron chi connectivity index (χ1n) is 16.9. The Morgan fingerprint density at radius 2 is 1.32 bits per heavy atom. The molecule has 2 aliphatic heterocycles. The number of nitrogens with one attached hydrogen (secondary N) is 3. The molecule has 0 aromatic heterocycles. The summed E-state index contributed by atoms with van der Waals surface area (Å²) in [5, 5.41) is 8.59. The quantitative estimate of drug-likeness (QED) is 0.171. The Hall–Kier alpha value is -4.62. The molecule has 3 aromatic carbocycles. The first-order valence-corrected chi connectivity index (χ1v) is 16.9. The van der Waals surface area contributed by atoms with Crippen LogP contribution in [0.2, 0.25) is 0 Å². The number of morpholine rings is 1. The van der Waals surface area contributed by atoms with E-state index in [2.05, 4.69) is 16.0 Å². The van der Waals surface area contributed by atoms with Crippen LogP contribution >= 0.6 is 0 Å². The molecule has 2 heterocycles. The minimum Gasteiger partial charge on any atom is -0.497 e. The van der Waals surface area contributed by atoms with Crippen LogP contribution in [0.15, 0.2) is 84.9 Å². The standard InChI is InChI=1S/C38H46N4O8/c1-38(26-50-38)35(44)31(21-27-9-5-3-6-10-27)40-36(45)32(22-28-13-15-30(47-2)16-14-28)41-37(46)33(25-49-24-29-11-7-4-8-12-29)39-34(43)23-42-17-19-48-20-18-42/h3-16,31-33H,17-26H2,1-2H3,(H,39,43)(H,40,45)(H,41,46)/t31?,32-,33-,38+/m0/s1. The third-order valence-corrected chi connectivity index (χ3v) is 8.76. The van der Waals surface area contributed by atoms with Crippen LogP contribution in [0.4, 0.5) is 0 Å². The first-order chi connectivity index (χ1) is 24.2. The molecular formula is C38H46N4O8. The van der Waals surface area contributed by atoms with Crippen LogP contribution in [0.5, 0.6) is 5.75 Å². The first kappa shape index (κ1) is 36.7. The highest BCUT2D eigenvalue weighted by Crippen LogP contribution is 2.29. The van der Waals surface area contributed by atoms with Crippen LogP contribution in [-0.2, 0) is 52.8 Å². The van der Waals surface area contributed by atoms with Gasteiger partial charge in [0.2, 0.25) is 17.7 Å². The smallest absolute Gasteiger partial charge is 0.245 e. The van der Waals surface area contributed by atoms with Crippen LogP contribution in [-0.4, -0.2) is 105 Å². The molecule has 12 nitrogen and oxygen atoms in total. The van der Waals surface area contributed by atoms with Crippen molar-refractivity contribution in [1.29, 1.82) is 0 Å². The Morgan fingerprint density at radius 1 is 0.760 bits per heavy atom. The van der Waals surface area contributed by atoms with Crippen molar-refractivity contribution in [3.05, 3.63) is 102 Å². The van der Waals surface area contributed by atoms with Crippen LogP contribution in [0, 0.1) is 0 Å². The van der Waals surface area contributed by atoms with Gasteiger partial charge in [0.15, 0.2) is 5.78 Å². The third-order valence-electron chi connectivity index (χ3n) is 8.76. The number of hydrogen-bond acceptors (Lipinski definition) is 9. The highest BCUT2D eigenvalue weighted by molar-refractivity contribution is 5.98. The number of methoxy groups -OCH3 is 1. The van der Waals surface area contributed by atoms with E-state index in [0.717, 1.165) is 16.7 Å². The molecule has 3 N–H and O–H groups in total. The number of amides is 3. The molecule has 12 heteroatoms. The second-order valence-electron chi connectivity index (χ2n) is 12.8. The maximum absolute atomic E-state index is 14.1. The van der Waals surface area contributed by atoms with Gasteiger partial charge < -0.3 is 34.9 Å². The molecule has 0 spiro atoms. The fraction of sp³-hybridized carbons (Fsp3) is 0.421. The third kappa shape index (κ3) is 10.9. The van der Waals surface area contributed by atoms with Crippen molar-refractivity contribution in [3.8, 4) is 5.75 Å². The average molecular weight is 687 g/mol. The molecule has 1 unspecified atom stereocenters.